The molecular formula is C16H23N3O3. The Hall–Kier alpha value is -1.92. The van der Waals surface area contributed by atoms with Crippen molar-refractivity contribution in [2.75, 3.05) is 44.5 Å². The van der Waals surface area contributed by atoms with Gasteiger partial charge in [0.1, 0.15) is 0 Å². The maximum absolute atomic E-state index is 12.2. The summed E-state index contributed by atoms with van der Waals surface area (Å²) in [6.07, 6.45) is 0.754. The maximum Gasteiger partial charge on any atom is 0.238 e. The summed E-state index contributed by atoms with van der Waals surface area (Å²) < 4.78 is 5.24. The van der Waals surface area contributed by atoms with Crippen LogP contribution in [0.1, 0.15) is 12.0 Å². The first-order chi connectivity index (χ1) is 10.5. The average molecular weight is 305 g/mol. The van der Waals surface area contributed by atoms with E-state index in [1.807, 2.05) is 33.2 Å². The van der Waals surface area contributed by atoms with Gasteiger partial charge in [0.2, 0.25) is 11.8 Å². The van der Waals surface area contributed by atoms with Crippen LogP contribution in [-0.2, 0) is 14.3 Å². The Balaban J connectivity index is 2.03. The number of carbonyl (C=O) groups excluding carboxylic acids is 2. The summed E-state index contributed by atoms with van der Waals surface area (Å²) in [4.78, 5) is 25.8. The zero-order valence-electron chi connectivity index (χ0n) is 13.3. The molecule has 22 heavy (non-hydrogen) atoms. The first kappa shape index (κ1) is 16.5. The Labute approximate surface area is 130 Å². The highest BCUT2D eigenvalue weighted by Gasteiger charge is 2.23. The first-order valence-corrected chi connectivity index (χ1v) is 7.39. The van der Waals surface area contributed by atoms with Crippen molar-refractivity contribution in [3.63, 3.8) is 0 Å². The summed E-state index contributed by atoms with van der Waals surface area (Å²) >= 11 is 0. The fraction of sp³-hybridized carbons (Fsp3) is 0.500. The molecule has 0 aliphatic carbocycles. The largest absolute Gasteiger partial charge is 0.381 e. The third-order valence-corrected chi connectivity index (χ3v) is 3.54. The molecule has 1 atom stereocenters. The van der Waals surface area contributed by atoms with Gasteiger partial charge in [-0.3, -0.25) is 9.59 Å². The number of nitrogens with one attached hydrogen (secondary N) is 2. The van der Waals surface area contributed by atoms with Crippen LogP contribution < -0.4 is 10.6 Å². The summed E-state index contributed by atoms with van der Waals surface area (Å²) in [5.41, 5.74) is 2.35. The van der Waals surface area contributed by atoms with Crippen molar-refractivity contribution in [3.8, 4) is 0 Å². The lowest BCUT2D eigenvalue weighted by atomic mass is 10.1. The van der Waals surface area contributed by atoms with E-state index in [-0.39, 0.29) is 17.7 Å². The highest BCUT2D eigenvalue weighted by molar-refractivity contribution is 5.96. The van der Waals surface area contributed by atoms with Gasteiger partial charge in [-0.2, -0.15) is 0 Å². The summed E-state index contributed by atoms with van der Waals surface area (Å²) in [5.74, 6) is -0.209. The molecule has 0 saturated carbocycles. The van der Waals surface area contributed by atoms with Crippen LogP contribution in [0.4, 0.5) is 11.4 Å². The number of nitrogens with zero attached hydrogens (tertiary/aromatic N) is 1. The van der Waals surface area contributed by atoms with Crippen LogP contribution in [0.2, 0.25) is 0 Å². The Bertz CT molecular complexity index is 552. The highest BCUT2D eigenvalue weighted by Crippen LogP contribution is 2.22. The molecule has 1 aromatic carbocycles. The van der Waals surface area contributed by atoms with Crippen LogP contribution in [0, 0.1) is 12.8 Å². The quantitative estimate of drug-likeness (QED) is 0.864. The van der Waals surface area contributed by atoms with Gasteiger partial charge in [0, 0.05) is 18.0 Å². The molecular weight excluding hydrogens is 282 g/mol. The lowest BCUT2D eigenvalue weighted by molar-refractivity contribution is -0.120. The van der Waals surface area contributed by atoms with Gasteiger partial charge < -0.3 is 20.3 Å². The Morgan fingerprint density at radius 3 is 2.73 bits per heavy atom. The van der Waals surface area contributed by atoms with Crippen molar-refractivity contribution in [1.82, 2.24) is 4.90 Å². The molecule has 2 N–H and O–H groups in total. The van der Waals surface area contributed by atoms with Crippen LogP contribution in [0.5, 0.6) is 0 Å². The minimum Gasteiger partial charge on any atom is -0.381 e. The summed E-state index contributed by atoms with van der Waals surface area (Å²) in [7, 11) is 3.67. The van der Waals surface area contributed by atoms with E-state index in [0.29, 0.717) is 25.4 Å². The zero-order valence-corrected chi connectivity index (χ0v) is 13.3. The number of hydrogen-bond donors (Lipinski definition) is 2. The molecule has 1 heterocycles. The molecule has 0 spiro atoms. The van der Waals surface area contributed by atoms with Crippen LogP contribution in [-0.4, -0.2) is 50.6 Å². The molecule has 0 radical (unpaired) electrons. The van der Waals surface area contributed by atoms with E-state index in [9.17, 15) is 9.59 Å². The van der Waals surface area contributed by atoms with Crippen molar-refractivity contribution >= 4 is 23.2 Å². The number of likely N-dealkylation sites (N-methyl/N-ethyl adjacent to an activating group) is 1. The van der Waals surface area contributed by atoms with E-state index in [1.54, 1.807) is 11.0 Å². The molecule has 120 valence electrons. The monoisotopic (exact) mass is 305 g/mol. The second-order valence-corrected chi connectivity index (χ2v) is 5.87. The fourth-order valence-electron chi connectivity index (χ4n) is 2.30. The van der Waals surface area contributed by atoms with E-state index in [2.05, 4.69) is 10.6 Å². The van der Waals surface area contributed by atoms with Gasteiger partial charge in [-0.15, -0.1) is 0 Å². The number of hydrogen-bond acceptors (Lipinski definition) is 4. The summed E-state index contributed by atoms with van der Waals surface area (Å²) in [6, 6.07) is 5.50. The van der Waals surface area contributed by atoms with Crippen LogP contribution in [0.15, 0.2) is 18.2 Å². The molecule has 6 nitrogen and oxygen atoms in total. The number of benzene rings is 1. The van der Waals surface area contributed by atoms with Crippen molar-refractivity contribution in [2.45, 2.75) is 13.3 Å². The minimum atomic E-state index is -0.0913. The molecule has 6 heteroatoms. The second kappa shape index (κ2) is 7.38. The minimum absolute atomic E-state index is 0.0302. The molecule has 2 rings (SSSR count). The zero-order chi connectivity index (χ0) is 16.1. The number of rotatable bonds is 5. The molecule has 0 bridgehead atoms. The topological polar surface area (TPSA) is 70.7 Å². The summed E-state index contributed by atoms with van der Waals surface area (Å²) in [5, 5.41) is 5.75. The van der Waals surface area contributed by atoms with E-state index >= 15 is 0 Å². The van der Waals surface area contributed by atoms with Crippen LogP contribution in [0.3, 0.4) is 0 Å². The van der Waals surface area contributed by atoms with Crippen molar-refractivity contribution in [1.29, 1.82) is 0 Å². The Morgan fingerprint density at radius 1 is 1.32 bits per heavy atom. The fourth-order valence-corrected chi connectivity index (χ4v) is 2.30. The maximum atomic E-state index is 12.2. The number of carbonyl (C=O) groups is 2. The molecule has 1 saturated heterocycles. The van der Waals surface area contributed by atoms with Crippen molar-refractivity contribution in [2.24, 2.45) is 5.92 Å². The number of ether oxygens (including phenoxy) is 1. The first-order valence-electron chi connectivity index (χ1n) is 7.39. The van der Waals surface area contributed by atoms with Gasteiger partial charge in [0.05, 0.1) is 19.1 Å². The van der Waals surface area contributed by atoms with Crippen molar-refractivity contribution in [3.05, 3.63) is 23.8 Å². The van der Waals surface area contributed by atoms with Gasteiger partial charge in [-0.05, 0) is 45.1 Å². The smallest absolute Gasteiger partial charge is 0.238 e. The van der Waals surface area contributed by atoms with Gasteiger partial charge in [-0.1, -0.05) is 6.07 Å². The third kappa shape index (κ3) is 4.54. The molecule has 1 aromatic rings. The van der Waals surface area contributed by atoms with E-state index < -0.39 is 0 Å². The SMILES string of the molecule is Cc1ccc(NC(=O)CN(C)C)cc1NC(=O)C1CCOC1. The molecule has 1 aliphatic heterocycles. The summed E-state index contributed by atoms with van der Waals surface area (Å²) in [6.45, 7) is 3.35. The standard InChI is InChI=1S/C16H23N3O3/c1-11-4-5-13(17-15(20)9-19(2)3)8-14(11)18-16(21)12-6-7-22-10-12/h4-5,8,12H,6-7,9-10H2,1-3H3,(H,17,20)(H,18,21). The molecule has 1 aliphatic rings. The molecule has 1 fully saturated rings. The highest BCUT2D eigenvalue weighted by atomic mass is 16.5. The normalized spacial score (nSPS) is 17.5. The van der Waals surface area contributed by atoms with E-state index in [1.165, 1.54) is 0 Å². The lowest BCUT2D eigenvalue weighted by Crippen LogP contribution is -2.27. The Morgan fingerprint density at radius 2 is 2.09 bits per heavy atom. The predicted octanol–water partition coefficient (Wildman–Crippen LogP) is 1.47. The van der Waals surface area contributed by atoms with Gasteiger partial charge in [-0.25, -0.2) is 0 Å². The lowest BCUT2D eigenvalue weighted by Gasteiger charge is -2.14. The third-order valence-electron chi connectivity index (χ3n) is 3.54. The average Bonchev–Trinajstić information content (AvgIpc) is 2.95. The van der Waals surface area contributed by atoms with E-state index in [0.717, 1.165) is 17.7 Å². The molecule has 2 amide bonds. The van der Waals surface area contributed by atoms with Gasteiger partial charge in [0.25, 0.3) is 0 Å². The second-order valence-electron chi connectivity index (χ2n) is 5.87. The molecule has 0 aromatic heterocycles. The number of anilines is 2. The van der Waals surface area contributed by atoms with Crippen LogP contribution in [0.25, 0.3) is 0 Å². The van der Waals surface area contributed by atoms with Crippen molar-refractivity contribution < 1.29 is 14.3 Å². The van der Waals surface area contributed by atoms with Gasteiger partial charge >= 0.3 is 0 Å². The predicted molar refractivity (Wildman–Crippen MR) is 85.9 cm³/mol. The molecule has 1 unspecified atom stereocenters. The number of aryl methyl sites for hydroxylation is 1. The Kier molecular flexibility index (Phi) is 5.51. The van der Waals surface area contributed by atoms with Gasteiger partial charge in [0.15, 0.2) is 0 Å². The van der Waals surface area contributed by atoms with E-state index in [4.69, 9.17) is 4.74 Å². The number of amides is 2. The van der Waals surface area contributed by atoms with Crippen LogP contribution >= 0.6 is 0 Å².